The summed E-state index contributed by atoms with van der Waals surface area (Å²) < 4.78 is 15.9. The lowest BCUT2D eigenvalue weighted by Gasteiger charge is -2.19. The third kappa shape index (κ3) is 3.37. The number of anilines is 1. The number of ether oxygens (including phenoxy) is 1. The van der Waals surface area contributed by atoms with Gasteiger partial charge < -0.3 is 30.4 Å². The van der Waals surface area contributed by atoms with Gasteiger partial charge in [-0.3, -0.25) is 0 Å². The van der Waals surface area contributed by atoms with E-state index in [9.17, 15) is 15.3 Å². The quantitative estimate of drug-likeness (QED) is 0.297. The summed E-state index contributed by atoms with van der Waals surface area (Å²) in [5.41, 5.74) is 7.10. The topological polar surface area (TPSA) is 200 Å². The molecule has 146 valence electrons. The number of aliphatic hydroxyl groups is 3. The number of aliphatic hydroxyl groups excluding tert-OH is 3. The van der Waals surface area contributed by atoms with Crippen LogP contribution in [0.15, 0.2) is 17.6 Å². The molecule has 0 unspecified atom stereocenters. The highest BCUT2D eigenvalue weighted by Gasteiger charge is 2.44. The predicted octanol–water partition coefficient (Wildman–Crippen LogP) is -2.26. The van der Waals surface area contributed by atoms with Crippen LogP contribution in [0.2, 0.25) is 0 Å². The van der Waals surface area contributed by atoms with Gasteiger partial charge in [-0.1, -0.05) is 0 Å². The molecule has 13 nitrogen and oxygen atoms in total. The van der Waals surface area contributed by atoms with E-state index in [2.05, 4.69) is 15.1 Å². The van der Waals surface area contributed by atoms with E-state index < -0.39 is 39.4 Å². The van der Waals surface area contributed by atoms with Crippen LogP contribution in [0.5, 0.6) is 0 Å². The minimum atomic E-state index is -2.87. The lowest BCUT2D eigenvalue weighted by molar-refractivity contribution is -0.0508. The number of rotatable bonds is 2. The molecule has 2 aromatic heterocycles. The van der Waals surface area contributed by atoms with Gasteiger partial charge in [-0.05, 0) is 0 Å². The van der Waals surface area contributed by atoms with Gasteiger partial charge in [-0.2, -0.15) is 5.10 Å². The fourth-order valence-electron chi connectivity index (χ4n) is 3.07. The summed E-state index contributed by atoms with van der Waals surface area (Å²) in [5.74, 6) is 0.884. The number of hydrazone groups is 1. The second-order valence-corrected chi connectivity index (χ2v) is 6.34. The molecule has 1 saturated heterocycles. The van der Waals surface area contributed by atoms with Crippen molar-refractivity contribution in [1.29, 1.82) is 0 Å². The summed E-state index contributed by atoms with van der Waals surface area (Å²) in [6, 6.07) is 0. The van der Waals surface area contributed by atoms with Gasteiger partial charge in [-0.15, -0.1) is 9.79 Å². The second-order valence-electron chi connectivity index (χ2n) is 5.84. The van der Waals surface area contributed by atoms with Crippen molar-refractivity contribution in [2.24, 2.45) is 10.8 Å². The number of nitrogens with zero attached hydrogens (tertiary/aromatic N) is 5. The maximum absolute atomic E-state index is 10.2. The van der Waals surface area contributed by atoms with Crippen molar-refractivity contribution in [2.75, 3.05) is 18.7 Å². The van der Waals surface area contributed by atoms with Gasteiger partial charge >= 0.3 is 8.25 Å². The van der Waals surface area contributed by atoms with E-state index in [1.54, 1.807) is 22.8 Å². The maximum Gasteiger partial charge on any atom is 0.692 e. The summed E-state index contributed by atoms with van der Waals surface area (Å²) in [5, 5.41) is 35.9. The molecule has 0 bridgehead atoms. The van der Waals surface area contributed by atoms with Crippen LogP contribution in [-0.2, 0) is 9.30 Å². The Morgan fingerprint density at radius 3 is 2.56 bits per heavy atom. The first-order chi connectivity index (χ1) is 12.8. The van der Waals surface area contributed by atoms with Crippen LogP contribution < -0.4 is 10.7 Å². The number of hydrogen-bond donors (Lipinski definition) is 6. The zero-order valence-electron chi connectivity index (χ0n) is 14.0. The van der Waals surface area contributed by atoms with E-state index in [1.807, 2.05) is 0 Å². The standard InChI is InChI=1S/C13H16N6O4.HO3P/c1-18-11-7-5(10(14)17-18)2-19(12(7)16-4-15-11)13-9(22)8(21)6(3-20)23-13;1-4(2)3/h2,4,6,8-9,13,20-22H,3H2,1H3,(H2,14,17);(H-,1,2,3)/p+1/t6-,8-,9-,13-;/m1./s1. The highest BCUT2D eigenvalue weighted by Crippen LogP contribution is 2.36. The fraction of sp³-hybridized carbons (Fsp3) is 0.462. The molecule has 14 heteroatoms. The Morgan fingerprint density at radius 1 is 1.30 bits per heavy atom. The molecular formula is C13H18N6O7P+. The SMILES string of the molecule is CN1N=C(N)c2cn([C@@H]3O[C@H](CO)[C@@H](O)[C@H]3O)c3ncnc1c23.O=[P+](O)O. The molecule has 4 atom stereocenters. The average molecular weight is 401 g/mol. The number of hydrogen-bond acceptors (Lipinski definition) is 10. The first-order valence-corrected chi connectivity index (χ1v) is 8.84. The van der Waals surface area contributed by atoms with E-state index in [-0.39, 0.29) is 0 Å². The number of amidine groups is 1. The zero-order valence-corrected chi connectivity index (χ0v) is 14.9. The second kappa shape index (κ2) is 7.40. The van der Waals surface area contributed by atoms with Crippen molar-refractivity contribution in [2.45, 2.75) is 24.5 Å². The normalized spacial score (nSPS) is 26.6. The van der Waals surface area contributed by atoms with Crippen molar-refractivity contribution in [3.05, 3.63) is 18.1 Å². The Morgan fingerprint density at radius 2 is 1.96 bits per heavy atom. The lowest BCUT2D eigenvalue weighted by atomic mass is 10.1. The molecule has 27 heavy (non-hydrogen) atoms. The molecular weight excluding hydrogens is 383 g/mol. The summed E-state index contributed by atoms with van der Waals surface area (Å²) in [6.45, 7) is -0.395. The molecule has 4 heterocycles. The fourth-order valence-corrected chi connectivity index (χ4v) is 3.07. The molecule has 0 aromatic carbocycles. The predicted molar refractivity (Wildman–Crippen MR) is 91.7 cm³/mol. The van der Waals surface area contributed by atoms with Crippen molar-refractivity contribution in [3.63, 3.8) is 0 Å². The van der Waals surface area contributed by atoms with Gasteiger partial charge in [0.2, 0.25) is 0 Å². The first kappa shape index (κ1) is 19.5. The molecule has 0 saturated carbocycles. The van der Waals surface area contributed by atoms with Crippen LogP contribution in [0.1, 0.15) is 11.8 Å². The van der Waals surface area contributed by atoms with Crippen LogP contribution in [0.4, 0.5) is 5.82 Å². The van der Waals surface area contributed by atoms with E-state index in [1.165, 1.54) is 6.33 Å². The van der Waals surface area contributed by atoms with Crippen LogP contribution in [-0.4, -0.2) is 77.4 Å². The minimum Gasteiger partial charge on any atom is -0.394 e. The van der Waals surface area contributed by atoms with Crippen LogP contribution in [0, 0.1) is 0 Å². The molecule has 0 radical (unpaired) electrons. The van der Waals surface area contributed by atoms with Gasteiger partial charge in [-0.25, -0.2) is 15.0 Å². The lowest BCUT2D eigenvalue weighted by Crippen LogP contribution is -2.33. The van der Waals surface area contributed by atoms with Crippen molar-refractivity contribution >= 4 is 30.9 Å². The zero-order chi connectivity index (χ0) is 19.9. The monoisotopic (exact) mass is 401 g/mol. The summed E-state index contributed by atoms with van der Waals surface area (Å²) in [7, 11) is -1.15. The molecule has 0 amide bonds. The molecule has 0 spiro atoms. The number of aromatic nitrogens is 3. The third-order valence-corrected chi connectivity index (χ3v) is 4.22. The van der Waals surface area contributed by atoms with Crippen molar-refractivity contribution in [3.8, 4) is 0 Å². The van der Waals surface area contributed by atoms with E-state index in [4.69, 9.17) is 24.8 Å². The summed E-state index contributed by atoms with van der Waals surface area (Å²) in [6.07, 6.45) is -1.10. The molecule has 2 aromatic rings. The van der Waals surface area contributed by atoms with Crippen LogP contribution in [0.3, 0.4) is 0 Å². The van der Waals surface area contributed by atoms with Gasteiger partial charge in [0.1, 0.15) is 30.3 Å². The van der Waals surface area contributed by atoms with E-state index in [0.29, 0.717) is 28.3 Å². The Balaban J connectivity index is 0.000000481. The van der Waals surface area contributed by atoms with Crippen molar-refractivity contribution in [1.82, 2.24) is 14.5 Å². The minimum absolute atomic E-state index is 0.297. The Hall–Kier alpha value is -2.25. The highest BCUT2D eigenvalue weighted by atomic mass is 31.1. The average Bonchev–Trinajstić information content (AvgIpc) is 3.12. The van der Waals surface area contributed by atoms with Gasteiger partial charge in [0.25, 0.3) is 0 Å². The van der Waals surface area contributed by atoms with E-state index in [0.717, 1.165) is 0 Å². The van der Waals surface area contributed by atoms with Crippen LogP contribution >= 0.6 is 8.25 Å². The highest BCUT2D eigenvalue weighted by molar-refractivity contribution is 7.30. The summed E-state index contributed by atoms with van der Waals surface area (Å²) in [4.78, 5) is 22.7. The maximum atomic E-state index is 10.2. The molecule has 2 aliphatic rings. The molecule has 2 aliphatic heterocycles. The number of nitrogens with two attached hydrogens (primary N) is 1. The van der Waals surface area contributed by atoms with Gasteiger partial charge in [0, 0.05) is 23.4 Å². The van der Waals surface area contributed by atoms with Crippen LogP contribution in [0.25, 0.3) is 11.0 Å². The van der Waals surface area contributed by atoms with Crippen molar-refractivity contribution < 1.29 is 34.4 Å². The smallest absolute Gasteiger partial charge is 0.394 e. The third-order valence-electron chi connectivity index (χ3n) is 4.22. The van der Waals surface area contributed by atoms with Gasteiger partial charge in [0.05, 0.1) is 12.0 Å². The molecule has 0 aliphatic carbocycles. The Labute approximate surface area is 152 Å². The molecule has 4 rings (SSSR count). The molecule has 1 fully saturated rings. The molecule has 7 N–H and O–H groups in total. The first-order valence-electron chi connectivity index (χ1n) is 7.67. The van der Waals surface area contributed by atoms with E-state index >= 15 is 0 Å². The summed E-state index contributed by atoms with van der Waals surface area (Å²) >= 11 is 0. The van der Waals surface area contributed by atoms with Gasteiger partial charge in [0.15, 0.2) is 17.9 Å². The largest absolute Gasteiger partial charge is 0.692 e. The Kier molecular flexibility index (Phi) is 5.35. The Bertz CT molecular complexity index is 901.